The Kier molecular flexibility index (Phi) is 6.83. The van der Waals surface area contributed by atoms with Crippen molar-refractivity contribution in [3.63, 3.8) is 0 Å². The Hall–Kier alpha value is -1.25. The summed E-state index contributed by atoms with van der Waals surface area (Å²) in [6, 6.07) is 4.28. The molecule has 1 aromatic rings. The molecule has 0 saturated heterocycles. The van der Waals surface area contributed by atoms with Crippen LogP contribution >= 0.6 is 0 Å². The Balaban J connectivity index is 2.85. The number of unbranched alkanes of at least 4 members (excludes halogenated alkanes) is 2. The minimum absolute atomic E-state index is 0.178. The number of aromatic nitrogens is 1. The first-order chi connectivity index (χ1) is 9.52. The van der Waals surface area contributed by atoms with Gasteiger partial charge in [-0.1, -0.05) is 33.1 Å². The standard InChI is InChI=1S/C17H30N2O/c1-6-8-9-13-19(15(4)10-7-2)17(20)16-12-11-14(3)18(16)5/h11-12,15H,6-10,13H2,1-5H3. The van der Waals surface area contributed by atoms with E-state index in [9.17, 15) is 4.79 Å². The Morgan fingerprint density at radius 1 is 1.25 bits per heavy atom. The number of amides is 1. The van der Waals surface area contributed by atoms with Gasteiger partial charge in [-0.3, -0.25) is 4.79 Å². The smallest absolute Gasteiger partial charge is 0.270 e. The molecule has 3 nitrogen and oxygen atoms in total. The van der Waals surface area contributed by atoms with Crippen molar-refractivity contribution in [2.24, 2.45) is 7.05 Å². The first-order valence-electron chi connectivity index (χ1n) is 7.96. The normalized spacial score (nSPS) is 12.4. The SMILES string of the molecule is CCCCCN(C(=O)c1ccc(C)n1C)C(C)CCC. The molecule has 1 rings (SSSR count). The summed E-state index contributed by atoms with van der Waals surface area (Å²) in [5.74, 6) is 0.178. The van der Waals surface area contributed by atoms with E-state index < -0.39 is 0 Å². The summed E-state index contributed by atoms with van der Waals surface area (Å²) in [4.78, 5) is 14.9. The van der Waals surface area contributed by atoms with Gasteiger partial charge in [0, 0.05) is 25.3 Å². The highest BCUT2D eigenvalue weighted by Gasteiger charge is 2.22. The third kappa shape index (κ3) is 4.12. The van der Waals surface area contributed by atoms with Gasteiger partial charge in [0.2, 0.25) is 0 Å². The topological polar surface area (TPSA) is 25.2 Å². The second-order valence-corrected chi connectivity index (χ2v) is 5.76. The lowest BCUT2D eigenvalue weighted by Crippen LogP contribution is -2.40. The van der Waals surface area contributed by atoms with Crippen LogP contribution in [-0.2, 0) is 7.05 Å². The molecule has 0 fully saturated rings. The van der Waals surface area contributed by atoms with Gasteiger partial charge in [-0.25, -0.2) is 0 Å². The van der Waals surface area contributed by atoms with E-state index in [4.69, 9.17) is 0 Å². The second-order valence-electron chi connectivity index (χ2n) is 5.76. The van der Waals surface area contributed by atoms with Crippen LogP contribution in [-0.4, -0.2) is 28.0 Å². The number of aryl methyl sites for hydroxylation is 1. The van der Waals surface area contributed by atoms with Gasteiger partial charge in [-0.15, -0.1) is 0 Å². The number of carbonyl (C=O) groups is 1. The Morgan fingerprint density at radius 3 is 2.45 bits per heavy atom. The van der Waals surface area contributed by atoms with Crippen molar-refractivity contribution in [2.75, 3.05) is 6.54 Å². The third-order valence-electron chi connectivity index (χ3n) is 4.09. The summed E-state index contributed by atoms with van der Waals surface area (Å²) in [6.45, 7) is 9.45. The molecule has 0 aliphatic heterocycles. The Morgan fingerprint density at radius 2 is 1.95 bits per heavy atom. The summed E-state index contributed by atoms with van der Waals surface area (Å²) in [5.41, 5.74) is 1.94. The largest absolute Gasteiger partial charge is 0.344 e. The summed E-state index contributed by atoms with van der Waals surface area (Å²) in [7, 11) is 1.97. The molecular weight excluding hydrogens is 248 g/mol. The van der Waals surface area contributed by atoms with Gasteiger partial charge in [0.1, 0.15) is 5.69 Å². The molecule has 1 unspecified atom stereocenters. The Labute approximate surface area is 124 Å². The van der Waals surface area contributed by atoms with Crippen molar-refractivity contribution < 1.29 is 4.79 Å². The van der Waals surface area contributed by atoms with Crippen LogP contribution in [0.4, 0.5) is 0 Å². The average Bonchev–Trinajstić information content (AvgIpc) is 2.75. The quantitative estimate of drug-likeness (QED) is 0.656. The van der Waals surface area contributed by atoms with Crippen molar-refractivity contribution in [2.45, 2.75) is 65.8 Å². The molecule has 0 aliphatic rings. The molecule has 0 saturated carbocycles. The van der Waals surface area contributed by atoms with Gasteiger partial charge in [-0.05, 0) is 38.8 Å². The van der Waals surface area contributed by atoms with Crippen LogP contribution in [0.5, 0.6) is 0 Å². The first kappa shape index (κ1) is 16.8. The number of carbonyl (C=O) groups excluding carboxylic acids is 1. The van der Waals surface area contributed by atoms with Crippen molar-refractivity contribution in [3.05, 3.63) is 23.5 Å². The zero-order valence-electron chi connectivity index (χ0n) is 13.8. The van der Waals surface area contributed by atoms with Crippen molar-refractivity contribution >= 4 is 5.91 Å². The molecule has 0 aliphatic carbocycles. The second kappa shape index (κ2) is 8.13. The predicted octanol–water partition coefficient (Wildman–Crippen LogP) is 4.15. The molecule has 114 valence electrons. The van der Waals surface area contributed by atoms with E-state index in [0.29, 0.717) is 6.04 Å². The highest BCUT2D eigenvalue weighted by molar-refractivity contribution is 5.93. The molecule has 0 aromatic carbocycles. The minimum Gasteiger partial charge on any atom is -0.344 e. The van der Waals surface area contributed by atoms with E-state index in [1.807, 2.05) is 30.7 Å². The molecule has 3 heteroatoms. The van der Waals surface area contributed by atoms with Crippen LogP contribution in [0.25, 0.3) is 0 Å². The highest BCUT2D eigenvalue weighted by Crippen LogP contribution is 2.15. The molecule has 1 atom stereocenters. The maximum absolute atomic E-state index is 12.8. The van der Waals surface area contributed by atoms with Crippen LogP contribution in [0.3, 0.4) is 0 Å². The third-order valence-corrected chi connectivity index (χ3v) is 4.09. The van der Waals surface area contributed by atoms with Crippen molar-refractivity contribution in [1.82, 2.24) is 9.47 Å². The summed E-state index contributed by atoms with van der Waals surface area (Å²) in [6.07, 6.45) is 5.66. The van der Waals surface area contributed by atoms with E-state index in [2.05, 4.69) is 25.7 Å². The number of rotatable bonds is 8. The number of nitrogens with zero attached hydrogens (tertiary/aromatic N) is 2. The van der Waals surface area contributed by atoms with E-state index in [1.165, 1.54) is 12.8 Å². The minimum atomic E-state index is 0.178. The summed E-state index contributed by atoms with van der Waals surface area (Å²) < 4.78 is 1.99. The lowest BCUT2D eigenvalue weighted by atomic mass is 10.1. The zero-order chi connectivity index (χ0) is 15.1. The maximum atomic E-state index is 12.8. The van der Waals surface area contributed by atoms with E-state index >= 15 is 0 Å². The fraction of sp³-hybridized carbons (Fsp3) is 0.706. The van der Waals surface area contributed by atoms with Crippen LogP contribution in [0.15, 0.2) is 12.1 Å². The van der Waals surface area contributed by atoms with Gasteiger partial charge in [0.15, 0.2) is 0 Å². The molecule has 0 radical (unpaired) electrons. The van der Waals surface area contributed by atoms with Crippen molar-refractivity contribution in [3.8, 4) is 0 Å². The lowest BCUT2D eigenvalue weighted by molar-refractivity contribution is 0.0669. The molecule has 1 aromatic heterocycles. The summed E-state index contributed by atoms with van der Waals surface area (Å²) >= 11 is 0. The molecule has 20 heavy (non-hydrogen) atoms. The van der Waals surface area contributed by atoms with Crippen LogP contribution < -0.4 is 0 Å². The predicted molar refractivity (Wildman–Crippen MR) is 85.1 cm³/mol. The van der Waals surface area contributed by atoms with Gasteiger partial charge >= 0.3 is 0 Å². The number of hydrogen-bond donors (Lipinski definition) is 0. The van der Waals surface area contributed by atoms with Gasteiger partial charge in [0.05, 0.1) is 0 Å². The fourth-order valence-corrected chi connectivity index (χ4v) is 2.60. The van der Waals surface area contributed by atoms with Gasteiger partial charge in [0.25, 0.3) is 5.91 Å². The van der Waals surface area contributed by atoms with Crippen LogP contribution in [0.1, 0.15) is 69.1 Å². The fourth-order valence-electron chi connectivity index (χ4n) is 2.60. The van der Waals surface area contributed by atoms with E-state index in [1.54, 1.807) is 0 Å². The van der Waals surface area contributed by atoms with Crippen molar-refractivity contribution in [1.29, 1.82) is 0 Å². The average molecular weight is 278 g/mol. The maximum Gasteiger partial charge on any atom is 0.270 e. The lowest BCUT2D eigenvalue weighted by Gasteiger charge is -2.29. The van der Waals surface area contributed by atoms with Crippen LogP contribution in [0, 0.1) is 6.92 Å². The monoisotopic (exact) mass is 278 g/mol. The Bertz CT molecular complexity index is 423. The highest BCUT2D eigenvalue weighted by atomic mass is 16.2. The van der Waals surface area contributed by atoms with Crippen LogP contribution in [0.2, 0.25) is 0 Å². The molecule has 0 spiro atoms. The van der Waals surface area contributed by atoms with Gasteiger partial charge in [-0.2, -0.15) is 0 Å². The molecular formula is C17H30N2O. The summed E-state index contributed by atoms with van der Waals surface area (Å²) in [5, 5.41) is 0. The molecule has 1 heterocycles. The number of hydrogen-bond acceptors (Lipinski definition) is 1. The molecule has 0 N–H and O–H groups in total. The first-order valence-corrected chi connectivity index (χ1v) is 7.96. The van der Waals surface area contributed by atoms with Gasteiger partial charge < -0.3 is 9.47 Å². The van der Waals surface area contributed by atoms with E-state index in [0.717, 1.165) is 37.2 Å². The molecule has 0 bridgehead atoms. The van der Waals surface area contributed by atoms with E-state index in [-0.39, 0.29) is 5.91 Å². The zero-order valence-corrected chi connectivity index (χ0v) is 13.8. The molecule has 1 amide bonds.